The molecule has 1 aromatic rings. The molecule has 8 nitrogen and oxygen atoms in total. The predicted octanol–water partition coefficient (Wildman–Crippen LogP) is -0.581. The molecule has 2 N–H and O–H groups in total. The largest absolute Gasteiger partial charge is 0.479 e. The quantitative estimate of drug-likeness (QED) is 0.648. The zero-order valence-corrected chi connectivity index (χ0v) is 9.15. The molecule has 0 unspecified atom stereocenters. The van der Waals surface area contributed by atoms with Gasteiger partial charge in [-0.3, -0.25) is 4.84 Å². The highest BCUT2D eigenvalue weighted by atomic mass is 32.2. The van der Waals surface area contributed by atoms with Crippen molar-refractivity contribution < 1.29 is 27.7 Å². The lowest BCUT2D eigenvalue weighted by atomic mass is 10.4. The van der Waals surface area contributed by atoms with Crippen molar-refractivity contribution in [1.82, 2.24) is 10.0 Å². The molecule has 0 aliphatic rings. The smallest absolute Gasteiger partial charge is 0.331 e. The normalized spacial score (nSPS) is 11.6. The zero-order valence-electron chi connectivity index (χ0n) is 8.34. The molecule has 0 aliphatic carbocycles. The summed E-state index contributed by atoms with van der Waals surface area (Å²) in [7, 11) is -3.78. The summed E-state index contributed by atoms with van der Waals surface area (Å²) >= 11 is 0. The summed E-state index contributed by atoms with van der Waals surface area (Å²) in [6, 6.07) is 1.45. The first-order valence-electron chi connectivity index (χ1n) is 4.14. The van der Waals surface area contributed by atoms with Gasteiger partial charge in [-0.15, -0.1) is 0 Å². The minimum absolute atomic E-state index is 0.212. The van der Waals surface area contributed by atoms with Gasteiger partial charge in [0.2, 0.25) is 10.0 Å². The van der Waals surface area contributed by atoms with E-state index in [2.05, 4.69) is 14.5 Å². The summed E-state index contributed by atoms with van der Waals surface area (Å²) in [5.74, 6) is -1.24. The summed E-state index contributed by atoms with van der Waals surface area (Å²) in [5, 5.41) is 11.7. The Balaban J connectivity index is 2.49. The standard InChI is InChI=1S/C7H10N2O6S/c1-5-2-6(8-15-5)4-16(12,13)9-14-3-7(10)11/h2,9H,3-4H2,1H3,(H,10,11). The average Bonchev–Trinajstić information content (AvgIpc) is 2.48. The second kappa shape index (κ2) is 5.05. The van der Waals surface area contributed by atoms with Gasteiger partial charge in [0.25, 0.3) is 0 Å². The van der Waals surface area contributed by atoms with Gasteiger partial charge in [0, 0.05) is 6.07 Å². The Morgan fingerprint density at radius 2 is 2.38 bits per heavy atom. The van der Waals surface area contributed by atoms with Gasteiger partial charge in [0.15, 0.2) is 6.61 Å². The van der Waals surface area contributed by atoms with Crippen LogP contribution in [0.4, 0.5) is 0 Å². The van der Waals surface area contributed by atoms with Crippen molar-refractivity contribution in [3.8, 4) is 0 Å². The van der Waals surface area contributed by atoms with Crippen LogP contribution in [0.2, 0.25) is 0 Å². The van der Waals surface area contributed by atoms with E-state index in [0.717, 1.165) is 0 Å². The van der Waals surface area contributed by atoms with Gasteiger partial charge in [-0.25, -0.2) is 13.2 Å². The molecule has 0 amide bonds. The van der Waals surface area contributed by atoms with Crippen LogP contribution in [-0.2, 0) is 25.4 Å². The van der Waals surface area contributed by atoms with Gasteiger partial charge in [-0.2, -0.15) is 0 Å². The fourth-order valence-electron chi connectivity index (χ4n) is 0.891. The molecule has 0 radical (unpaired) electrons. The van der Waals surface area contributed by atoms with Crippen LogP contribution in [0.1, 0.15) is 11.5 Å². The third-order valence-corrected chi connectivity index (χ3v) is 2.44. The predicted molar refractivity (Wildman–Crippen MR) is 50.6 cm³/mol. The van der Waals surface area contributed by atoms with Crippen LogP contribution >= 0.6 is 0 Å². The number of nitrogens with zero attached hydrogens (tertiary/aromatic N) is 1. The number of hydrogen-bond donors (Lipinski definition) is 2. The molecule has 9 heteroatoms. The van der Waals surface area contributed by atoms with Gasteiger partial charge >= 0.3 is 5.97 Å². The Morgan fingerprint density at radius 3 is 2.88 bits per heavy atom. The average molecular weight is 250 g/mol. The molecule has 1 rings (SSSR count). The molecule has 90 valence electrons. The third-order valence-electron chi connectivity index (χ3n) is 1.40. The number of hydrogen-bond acceptors (Lipinski definition) is 6. The van der Waals surface area contributed by atoms with Gasteiger partial charge in [0.05, 0.1) is 0 Å². The van der Waals surface area contributed by atoms with E-state index in [1.54, 1.807) is 11.8 Å². The molecule has 0 fully saturated rings. The van der Waals surface area contributed by atoms with Crippen LogP contribution < -0.4 is 4.89 Å². The van der Waals surface area contributed by atoms with Crippen molar-refractivity contribution in [2.24, 2.45) is 0 Å². The Kier molecular flexibility index (Phi) is 3.99. The minimum Gasteiger partial charge on any atom is -0.479 e. The molecule has 0 aliphatic heterocycles. The van der Waals surface area contributed by atoms with E-state index in [0.29, 0.717) is 5.76 Å². The van der Waals surface area contributed by atoms with E-state index in [-0.39, 0.29) is 5.69 Å². The second-order valence-corrected chi connectivity index (χ2v) is 4.64. The van der Waals surface area contributed by atoms with Gasteiger partial charge in [-0.1, -0.05) is 10.0 Å². The molecular weight excluding hydrogens is 240 g/mol. The lowest BCUT2D eigenvalue weighted by Gasteiger charge is -2.02. The monoisotopic (exact) mass is 250 g/mol. The Hall–Kier alpha value is -1.45. The van der Waals surface area contributed by atoms with Gasteiger partial charge < -0.3 is 9.63 Å². The summed E-state index contributed by atoms with van der Waals surface area (Å²) in [6.45, 7) is 0.870. The molecular formula is C7H10N2O6S. The van der Waals surface area contributed by atoms with Gasteiger partial charge in [0.1, 0.15) is 17.2 Å². The Bertz CT molecular complexity index is 465. The van der Waals surface area contributed by atoms with E-state index in [4.69, 9.17) is 5.11 Å². The first-order valence-corrected chi connectivity index (χ1v) is 5.79. The number of carboxylic acids is 1. The molecule has 0 saturated carbocycles. The minimum atomic E-state index is -3.78. The van der Waals surface area contributed by atoms with Crippen molar-refractivity contribution in [2.75, 3.05) is 6.61 Å². The van der Waals surface area contributed by atoms with Crippen LogP contribution in [0, 0.1) is 6.92 Å². The Morgan fingerprint density at radius 1 is 1.69 bits per heavy atom. The molecule has 0 aromatic carbocycles. The summed E-state index contributed by atoms with van der Waals surface area (Å²) in [5.41, 5.74) is 0.212. The number of nitrogens with one attached hydrogen (secondary N) is 1. The van der Waals surface area contributed by atoms with Crippen LogP contribution in [0.5, 0.6) is 0 Å². The molecule has 16 heavy (non-hydrogen) atoms. The fourth-order valence-corrected chi connectivity index (χ4v) is 1.71. The molecule has 1 heterocycles. The molecule has 1 aromatic heterocycles. The van der Waals surface area contributed by atoms with Gasteiger partial charge in [-0.05, 0) is 6.92 Å². The molecule has 0 saturated heterocycles. The summed E-state index contributed by atoms with van der Waals surface area (Å²) in [4.78, 5) is 16.0. The number of aliphatic carboxylic acids is 1. The van der Waals surface area contributed by atoms with E-state index in [9.17, 15) is 13.2 Å². The maximum atomic E-state index is 11.3. The van der Waals surface area contributed by atoms with Crippen molar-refractivity contribution >= 4 is 16.0 Å². The highest BCUT2D eigenvalue weighted by Gasteiger charge is 2.15. The van der Waals surface area contributed by atoms with E-state index >= 15 is 0 Å². The van der Waals surface area contributed by atoms with Crippen LogP contribution in [0.3, 0.4) is 0 Å². The first-order chi connectivity index (χ1) is 7.39. The number of carbonyl (C=O) groups is 1. The number of rotatable bonds is 6. The second-order valence-electron chi connectivity index (χ2n) is 2.95. The maximum Gasteiger partial charge on any atom is 0.331 e. The summed E-state index contributed by atoms with van der Waals surface area (Å²) < 4.78 is 27.2. The van der Waals surface area contributed by atoms with E-state index in [1.807, 2.05) is 0 Å². The van der Waals surface area contributed by atoms with Crippen molar-refractivity contribution in [3.05, 3.63) is 17.5 Å². The highest BCUT2D eigenvalue weighted by molar-refractivity contribution is 7.88. The highest BCUT2D eigenvalue weighted by Crippen LogP contribution is 2.05. The molecule has 0 spiro atoms. The van der Waals surface area contributed by atoms with Crippen LogP contribution in [0.15, 0.2) is 10.6 Å². The Labute approximate surface area is 91.2 Å². The maximum absolute atomic E-state index is 11.3. The van der Waals surface area contributed by atoms with Crippen molar-refractivity contribution in [2.45, 2.75) is 12.7 Å². The first kappa shape index (κ1) is 12.6. The lowest BCUT2D eigenvalue weighted by molar-refractivity contribution is -0.143. The van der Waals surface area contributed by atoms with Crippen LogP contribution in [0.25, 0.3) is 0 Å². The zero-order chi connectivity index (χ0) is 12.2. The van der Waals surface area contributed by atoms with Crippen molar-refractivity contribution in [1.29, 1.82) is 0 Å². The lowest BCUT2D eigenvalue weighted by Crippen LogP contribution is -2.28. The number of carboxylic acid groups (broad SMARTS) is 1. The number of aryl methyl sites for hydroxylation is 1. The SMILES string of the molecule is Cc1cc(CS(=O)(=O)NOCC(=O)O)no1. The molecule has 0 bridgehead atoms. The van der Waals surface area contributed by atoms with Crippen LogP contribution in [-0.4, -0.2) is 31.3 Å². The number of aromatic nitrogens is 1. The van der Waals surface area contributed by atoms with E-state index < -0.39 is 28.4 Å². The molecule has 0 atom stereocenters. The number of sulfonamides is 1. The fraction of sp³-hybridized carbons (Fsp3) is 0.429. The third kappa shape index (κ3) is 4.38. The summed E-state index contributed by atoms with van der Waals surface area (Å²) in [6.07, 6.45) is 0. The van der Waals surface area contributed by atoms with E-state index in [1.165, 1.54) is 6.07 Å². The van der Waals surface area contributed by atoms with Crippen molar-refractivity contribution in [3.63, 3.8) is 0 Å². The topological polar surface area (TPSA) is 119 Å².